The highest BCUT2D eigenvalue weighted by molar-refractivity contribution is 6.16. The van der Waals surface area contributed by atoms with Gasteiger partial charge in [0, 0.05) is 10.2 Å². The van der Waals surface area contributed by atoms with Crippen LogP contribution in [0.4, 0.5) is 0 Å². The van der Waals surface area contributed by atoms with E-state index in [9.17, 15) is 0 Å². The molecule has 0 aromatic heterocycles. The minimum absolute atomic E-state index is 1.12. The van der Waals surface area contributed by atoms with Crippen molar-refractivity contribution in [1.29, 1.82) is 0 Å². The fraction of sp³-hybridized carbons (Fsp3) is 0.429. The number of hydrogen-bond donors (Lipinski definition) is 0. The van der Waals surface area contributed by atoms with Crippen LogP contribution in [-0.2, 0) is 0 Å². The third-order valence-corrected chi connectivity index (χ3v) is 1.37. The maximum Gasteiger partial charge on any atom is 0.0287 e. The van der Waals surface area contributed by atoms with Crippen LogP contribution in [0, 0.1) is 0 Å². The summed E-state index contributed by atoms with van der Waals surface area (Å²) >= 11 is 0. The maximum atomic E-state index is 2.23. The molecule has 0 aliphatic heterocycles. The molecular formula is C7H14Si. The average Bonchev–Trinajstić information content (AvgIpc) is 1.66. The fourth-order valence-electron chi connectivity index (χ4n) is 0.440. The SMILES string of the molecule is CC(C)=CCC=C[SiH3]. The van der Waals surface area contributed by atoms with Crippen molar-refractivity contribution in [2.45, 2.75) is 20.3 Å². The predicted octanol–water partition coefficient (Wildman–Crippen LogP) is 1.22. The first-order chi connectivity index (χ1) is 3.77. The molecule has 0 amide bonds. The molecule has 46 valence electrons. The quantitative estimate of drug-likeness (QED) is 0.385. The van der Waals surface area contributed by atoms with E-state index in [0.29, 0.717) is 0 Å². The zero-order valence-electron chi connectivity index (χ0n) is 5.94. The molecule has 0 bridgehead atoms. The average molecular weight is 126 g/mol. The van der Waals surface area contributed by atoms with Gasteiger partial charge in [-0.15, -0.1) is 5.70 Å². The molecule has 0 spiro atoms. The van der Waals surface area contributed by atoms with Crippen LogP contribution in [0.25, 0.3) is 0 Å². The van der Waals surface area contributed by atoms with Crippen LogP contribution in [0.1, 0.15) is 20.3 Å². The van der Waals surface area contributed by atoms with Gasteiger partial charge in [-0.1, -0.05) is 17.7 Å². The molecule has 0 saturated carbocycles. The molecule has 1 heteroatoms. The second kappa shape index (κ2) is 4.85. The monoisotopic (exact) mass is 126 g/mol. The smallest absolute Gasteiger partial charge is 0.0287 e. The summed E-state index contributed by atoms with van der Waals surface area (Å²) in [4.78, 5) is 0. The molecule has 0 atom stereocenters. The second-order valence-electron chi connectivity index (χ2n) is 2.09. The summed E-state index contributed by atoms with van der Waals surface area (Å²) < 4.78 is 0. The molecule has 0 aromatic rings. The third-order valence-electron chi connectivity index (χ3n) is 0.898. The Bertz CT molecular complexity index is 97.0. The van der Waals surface area contributed by atoms with Crippen molar-refractivity contribution in [2.75, 3.05) is 0 Å². The Hall–Kier alpha value is -0.303. The molecule has 0 aliphatic carbocycles. The van der Waals surface area contributed by atoms with E-state index in [-0.39, 0.29) is 0 Å². The van der Waals surface area contributed by atoms with Crippen LogP contribution < -0.4 is 0 Å². The Morgan fingerprint density at radius 1 is 1.50 bits per heavy atom. The van der Waals surface area contributed by atoms with Gasteiger partial charge in [-0.25, -0.2) is 0 Å². The van der Waals surface area contributed by atoms with Crippen LogP contribution >= 0.6 is 0 Å². The van der Waals surface area contributed by atoms with Crippen molar-refractivity contribution in [3.05, 3.63) is 23.4 Å². The lowest BCUT2D eigenvalue weighted by Crippen LogP contribution is -1.63. The highest BCUT2D eigenvalue weighted by Gasteiger charge is 1.71. The van der Waals surface area contributed by atoms with Crippen LogP contribution in [0.5, 0.6) is 0 Å². The van der Waals surface area contributed by atoms with E-state index >= 15 is 0 Å². The number of allylic oxidation sites excluding steroid dienone is 3. The molecule has 0 N–H and O–H groups in total. The second-order valence-corrected chi connectivity index (χ2v) is 2.75. The van der Waals surface area contributed by atoms with Gasteiger partial charge in [0.05, 0.1) is 0 Å². The van der Waals surface area contributed by atoms with E-state index < -0.39 is 0 Å². The minimum atomic E-state index is 1.12. The summed E-state index contributed by atoms with van der Waals surface area (Å²) in [6.07, 6.45) is 5.56. The lowest BCUT2D eigenvalue weighted by Gasteiger charge is -1.83. The van der Waals surface area contributed by atoms with Gasteiger partial charge in [0.25, 0.3) is 0 Å². The van der Waals surface area contributed by atoms with Crippen molar-refractivity contribution in [3.8, 4) is 0 Å². The van der Waals surface area contributed by atoms with E-state index in [1.165, 1.54) is 15.8 Å². The van der Waals surface area contributed by atoms with Gasteiger partial charge in [0.1, 0.15) is 0 Å². The normalized spacial score (nSPS) is 10.2. The van der Waals surface area contributed by atoms with E-state index in [1.54, 1.807) is 0 Å². The summed E-state index contributed by atoms with van der Waals surface area (Å²) in [7, 11) is 1.19. The summed E-state index contributed by atoms with van der Waals surface area (Å²) in [5.41, 5.74) is 3.61. The lowest BCUT2D eigenvalue weighted by molar-refractivity contribution is 1.28. The van der Waals surface area contributed by atoms with E-state index in [0.717, 1.165) is 6.42 Å². The van der Waals surface area contributed by atoms with Crippen molar-refractivity contribution >= 4 is 10.2 Å². The van der Waals surface area contributed by atoms with E-state index in [1.807, 2.05) is 0 Å². The summed E-state index contributed by atoms with van der Waals surface area (Å²) in [5.74, 6) is 0. The third kappa shape index (κ3) is 5.70. The summed E-state index contributed by atoms with van der Waals surface area (Å²) in [6.45, 7) is 4.25. The Morgan fingerprint density at radius 2 is 2.12 bits per heavy atom. The van der Waals surface area contributed by atoms with E-state index in [2.05, 4.69) is 31.7 Å². The highest BCUT2D eigenvalue weighted by Crippen LogP contribution is 1.92. The molecule has 0 heterocycles. The van der Waals surface area contributed by atoms with E-state index in [4.69, 9.17) is 0 Å². The number of hydrogen-bond acceptors (Lipinski definition) is 0. The zero-order valence-corrected chi connectivity index (χ0v) is 7.94. The molecule has 0 radical (unpaired) electrons. The Kier molecular flexibility index (Phi) is 4.66. The topological polar surface area (TPSA) is 0 Å². The first-order valence-electron chi connectivity index (χ1n) is 3.02. The molecule has 0 fully saturated rings. The van der Waals surface area contributed by atoms with Crippen LogP contribution in [0.15, 0.2) is 23.4 Å². The van der Waals surface area contributed by atoms with Crippen LogP contribution in [0.2, 0.25) is 0 Å². The number of rotatable bonds is 2. The lowest BCUT2D eigenvalue weighted by atomic mass is 10.3. The molecule has 0 rings (SSSR count). The van der Waals surface area contributed by atoms with Crippen molar-refractivity contribution in [3.63, 3.8) is 0 Å². The zero-order chi connectivity index (χ0) is 6.41. The van der Waals surface area contributed by atoms with Gasteiger partial charge in [-0.05, 0) is 20.3 Å². The fourth-order valence-corrected chi connectivity index (χ4v) is 0.712. The summed E-state index contributed by atoms with van der Waals surface area (Å²) in [5, 5.41) is 0. The maximum absolute atomic E-state index is 2.23. The van der Waals surface area contributed by atoms with Crippen LogP contribution in [0.3, 0.4) is 0 Å². The molecular weight excluding hydrogens is 112 g/mol. The van der Waals surface area contributed by atoms with Gasteiger partial charge < -0.3 is 0 Å². The summed E-state index contributed by atoms with van der Waals surface area (Å²) in [6, 6.07) is 0. The largest absolute Gasteiger partial charge is 0.109 e. The molecule has 0 unspecified atom stereocenters. The highest BCUT2D eigenvalue weighted by atomic mass is 28.1. The van der Waals surface area contributed by atoms with Gasteiger partial charge in [-0.3, -0.25) is 0 Å². The van der Waals surface area contributed by atoms with Crippen LogP contribution in [-0.4, -0.2) is 10.2 Å². The minimum Gasteiger partial charge on any atom is -0.109 e. The first-order valence-corrected chi connectivity index (χ1v) is 4.17. The predicted molar refractivity (Wildman–Crippen MR) is 43.1 cm³/mol. The first kappa shape index (κ1) is 7.70. The van der Waals surface area contributed by atoms with Crippen molar-refractivity contribution in [1.82, 2.24) is 0 Å². The Balaban J connectivity index is 3.30. The van der Waals surface area contributed by atoms with Crippen molar-refractivity contribution < 1.29 is 0 Å². The molecule has 0 aromatic carbocycles. The Morgan fingerprint density at radius 3 is 2.50 bits per heavy atom. The standard InChI is InChI=1S/C7H14Si/c1-7(2)5-3-4-6-8/h4-6H,3H2,1-2,8H3. The molecule has 0 nitrogen and oxygen atoms in total. The van der Waals surface area contributed by atoms with Crippen molar-refractivity contribution in [2.24, 2.45) is 0 Å². The Labute approximate surface area is 54.7 Å². The molecule has 8 heavy (non-hydrogen) atoms. The van der Waals surface area contributed by atoms with Gasteiger partial charge >= 0.3 is 0 Å². The molecule has 0 aliphatic rings. The van der Waals surface area contributed by atoms with Gasteiger partial charge in [0.2, 0.25) is 0 Å². The molecule has 0 saturated heterocycles. The van der Waals surface area contributed by atoms with Gasteiger partial charge in [-0.2, -0.15) is 0 Å². The van der Waals surface area contributed by atoms with Gasteiger partial charge in [0.15, 0.2) is 0 Å².